The largest absolute Gasteiger partial charge is 0.490 e. The van der Waals surface area contributed by atoms with Crippen LogP contribution in [0.25, 0.3) is 6.08 Å². The van der Waals surface area contributed by atoms with Crippen LogP contribution in [0.15, 0.2) is 72.8 Å². The fourth-order valence-corrected chi connectivity index (χ4v) is 4.04. The molecule has 0 atom stereocenters. The SMILES string of the molecule is C=CCc1cc(/C=C(\C#N)C(=O)Nc2cccc(C(F)(F)F)c2)cc(OCC)c1OCc1ccc(Cl)cc1Cl. The summed E-state index contributed by atoms with van der Waals surface area (Å²) in [5.41, 5.74) is 0.485. The number of halogens is 5. The topological polar surface area (TPSA) is 71.4 Å². The maximum absolute atomic E-state index is 13.0. The van der Waals surface area contributed by atoms with Crippen molar-refractivity contribution in [1.29, 1.82) is 5.26 Å². The van der Waals surface area contributed by atoms with Gasteiger partial charge in [-0.3, -0.25) is 4.79 Å². The highest BCUT2D eigenvalue weighted by atomic mass is 35.5. The molecular formula is C29H23Cl2F3N2O3. The summed E-state index contributed by atoms with van der Waals surface area (Å²) in [6.07, 6.45) is -1.22. The van der Waals surface area contributed by atoms with E-state index in [2.05, 4.69) is 11.9 Å². The van der Waals surface area contributed by atoms with Gasteiger partial charge in [-0.15, -0.1) is 6.58 Å². The van der Waals surface area contributed by atoms with Crippen LogP contribution in [-0.2, 0) is 24.0 Å². The van der Waals surface area contributed by atoms with Crippen LogP contribution in [0.3, 0.4) is 0 Å². The van der Waals surface area contributed by atoms with Gasteiger partial charge in [0.1, 0.15) is 18.2 Å². The van der Waals surface area contributed by atoms with Crippen molar-refractivity contribution in [3.8, 4) is 17.6 Å². The number of nitriles is 1. The maximum Gasteiger partial charge on any atom is 0.416 e. The van der Waals surface area contributed by atoms with E-state index < -0.39 is 17.6 Å². The van der Waals surface area contributed by atoms with Gasteiger partial charge in [0.05, 0.1) is 12.2 Å². The third-order valence-corrected chi connectivity index (χ3v) is 5.92. The molecule has 0 aliphatic heterocycles. The summed E-state index contributed by atoms with van der Waals surface area (Å²) in [6, 6.07) is 14.3. The molecule has 0 aromatic heterocycles. The van der Waals surface area contributed by atoms with Gasteiger partial charge >= 0.3 is 6.18 Å². The smallest absolute Gasteiger partial charge is 0.416 e. The number of allylic oxidation sites excluding steroid dienone is 1. The number of carbonyl (C=O) groups excluding carboxylic acids is 1. The molecule has 3 rings (SSSR count). The Morgan fingerprint density at radius 1 is 1.10 bits per heavy atom. The molecule has 0 fully saturated rings. The highest BCUT2D eigenvalue weighted by Crippen LogP contribution is 2.36. The third kappa shape index (κ3) is 8.03. The highest BCUT2D eigenvalue weighted by Gasteiger charge is 2.30. The fraction of sp³-hybridized carbons (Fsp3) is 0.172. The molecule has 0 spiro atoms. The van der Waals surface area contributed by atoms with Crippen molar-refractivity contribution >= 4 is 40.9 Å². The first-order valence-electron chi connectivity index (χ1n) is 11.6. The van der Waals surface area contributed by atoms with E-state index in [-0.39, 0.29) is 17.9 Å². The summed E-state index contributed by atoms with van der Waals surface area (Å²) in [7, 11) is 0. The minimum Gasteiger partial charge on any atom is -0.490 e. The van der Waals surface area contributed by atoms with Crippen LogP contribution in [-0.4, -0.2) is 12.5 Å². The van der Waals surface area contributed by atoms with Gasteiger partial charge in [-0.2, -0.15) is 18.4 Å². The maximum atomic E-state index is 13.0. The Labute approximate surface area is 234 Å². The molecule has 1 N–H and O–H groups in total. The van der Waals surface area contributed by atoms with Gasteiger partial charge in [0, 0.05) is 26.9 Å². The van der Waals surface area contributed by atoms with E-state index >= 15 is 0 Å². The van der Waals surface area contributed by atoms with Crippen LogP contribution in [0.2, 0.25) is 10.0 Å². The standard InChI is InChI=1S/C29H23Cl2F3N2O3/c1-3-6-19-11-18(12-21(16-35)28(37)36-24-8-5-7-22(14-24)29(32,33)34)13-26(38-4-2)27(19)39-17-20-9-10-23(30)15-25(20)31/h3,5,7-15H,1,4,6,17H2,2H3,(H,36,37)/b21-12+. The molecule has 1 amide bonds. The molecule has 0 aliphatic carbocycles. The fourth-order valence-electron chi connectivity index (χ4n) is 3.58. The van der Waals surface area contributed by atoms with Gasteiger partial charge in [-0.25, -0.2) is 0 Å². The predicted octanol–water partition coefficient (Wildman–Crippen LogP) is 8.26. The number of carbonyl (C=O) groups is 1. The predicted molar refractivity (Wildman–Crippen MR) is 146 cm³/mol. The monoisotopic (exact) mass is 574 g/mol. The quantitative estimate of drug-likeness (QED) is 0.150. The molecule has 0 bridgehead atoms. The number of ether oxygens (including phenoxy) is 2. The van der Waals surface area contributed by atoms with Crippen molar-refractivity contribution in [2.45, 2.75) is 26.1 Å². The molecule has 0 saturated carbocycles. The lowest BCUT2D eigenvalue weighted by Crippen LogP contribution is -2.14. The molecule has 0 radical (unpaired) electrons. The highest BCUT2D eigenvalue weighted by molar-refractivity contribution is 6.35. The Morgan fingerprint density at radius 2 is 1.87 bits per heavy atom. The van der Waals surface area contributed by atoms with Gasteiger partial charge in [-0.05, 0) is 67.4 Å². The first-order chi connectivity index (χ1) is 18.5. The average Bonchev–Trinajstić information content (AvgIpc) is 2.87. The number of amides is 1. The number of anilines is 1. The van der Waals surface area contributed by atoms with E-state index in [1.165, 1.54) is 18.2 Å². The summed E-state index contributed by atoms with van der Waals surface area (Å²) in [6.45, 7) is 6.00. The summed E-state index contributed by atoms with van der Waals surface area (Å²) < 4.78 is 50.9. The normalized spacial score (nSPS) is 11.5. The van der Waals surface area contributed by atoms with Crippen LogP contribution < -0.4 is 14.8 Å². The number of nitrogens with zero attached hydrogens (tertiary/aromatic N) is 1. The van der Waals surface area contributed by atoms with E-state index in [0.717, 1.165) is 12.1 Å². The van der Waals surface area contributed by atoms with Gasteiger partial charge in [0.15, 0.2) is 11.5 Å². The number of nitrogens with one attached hydrogen (secondary N) is 1. The number of rotatable bonds is 10. The lowest BCUT2D eigenvalue weighted by atomic mass is 10.0. The van der Waals surface area contributed by atoms with Crippen molar-refractivity contribution in [3.05, 3.63) is 105 Å². The first kappa shape index (κ1) is 29.6. The zero-order chi connectivity index (χ0) is 28.6. The van der Waals surface area contributed by atoms with Crippen LogP contribution in [0.4, 0.5) is 18.9 Å². The van der Waals surface area contributed by atoms with Crippen molar-refractivity contribution in [2.24, 2.45) is 0 Å². The molecule has 0 saturated heterocycles. The van der Waals surface area contributed by atoms with Crippen LogP contribution in [0.5, 0.6) is 11.5 Å². The van der Waals surface area contributed by atoms with Crippen molar-refractivity contribution in [3.63, 3.8) is 0 Å². The second kappa shape index (κ2) is 13.2. The number of benzene rings is 3. The second-order valence-electron chi connectivity index (χ2n) is 8.16. The molecule has 0 aliphatic rings. The van der Waals surface area contributed by atoms with Gasteiger partial charge in [0.25, 0.3) is 5.91 Å². The second-order valence-corrected chi connectivity index (χ2v) is 9.00. The van der Waals surface area contributed by atoms with Crippen LogP contribution in [0, 0.1) is 11.3 Å². The molecule has 3 aromatic rings. The van der Waals surface area contributed by atoms with Crippen molar-refractivity contribution in [1.82, 2.24) is 0 Å². The third-order valence-electron chi connectivity index (χ3n) is 5.33. The van der Waals surface area contributed by atoms with E-state index in [0.29, 0.717) is 51.3 Å². The van der Waals surface area contributed by atoms with Crippen molar-refractivity contribution in [2.75, 3.05) is 11.9 Å². The summed E-state index contributed by atoms with van der Waals surface area (Å²) >= 11 is 12.2. The Balaban J connectivity index is 1.93. The Morgan fingerprint density at radius 3 is 2.51 bits per heavy atom. The molecule has 0 heterocycles. The van der Waals surface area contributed by atoms with Gasteiger partial charge in [0.2, 0.25) is 0 Å². The minimum atomic E-state index is -4.57. The molecule has 5 nitrogen and oxygen atoms in total. The van der Waals surface area contributed by atoms with E-state index in [4.69, 9.17) is 32.7 Å². The van der Waals surface area contributed by atoms with Crippen molar-refractivity contribution < 1.29 is 27.4 Å². The number of alkyl halides is 3. The molecule has 0 unspecified atom stereocenters. The van der Waals surface area contributed by atoms with Crippen LogP contribution in [0.1, 0.15) is 29.2 Å². The van der Waals surface area contributed by atoms with Crippen LogP contribution >= 0.6 is 23.2 Å². The van der Waals surface area contributed by atoms with E-state index in [9.17, 15) is 23.2 Å². The number of hydrogen-bond donors (Lipinski definition) is 1. The summed E-state index contributed by atoms with van der Waals surface area (Å²) in [4.78, 5) is 12.7. The Kier molecular flexibility index (Phi) is 10.0. The lowest BCUT2D eigenvalue weighted by molar-refractivity contribution is -0.137. The van der Waals surface area contributed by atoms with E-state index in [1.54, 1.807) is 49.4 Å². The van der Waals surface area contributed by atoms with Gasteiger partial charge < -0.3 is 14.8 Å². The zero-order valence-corrected chi connectivity index (χ0v) is 22.3. The first-order valence-corrected chi connectivity index (χ1v) is 12.4. The lowest BCUT2D eigenvalue weighted by Gasteiger charge is -2.17. The Hall–Kier alpha value is -3.93. The average molecular weight is 575 g/mol. The molecule has 202 valence electrons. The number of hydrogen-bond acceptors (Lipinski definition) is 4. The summed E-state index contributed by atoms with van der Waals surface area (Å²) in [5, 5.41) is 12.9. The Bertz CT molecular complexity index is 1450. The minimum absolute atomic E-state index is 0.0945. The molecular weight excluding hydrogens is 552 g/mol. The van der Waals surface area contributed by atoms with Gasteiger partial charge in [-0.1, -0.05) is 41.4 Å². The summed E-state index contributed by atoms with van der Waals surface area (Å²) in [5.74, 6) is -0.0617. The molecule has 3 aromatic carbocycles. The van der Waals surface area contributed by atoms with E-state index in [1.807, 2.05) is 0 Å². The molecule has 10 heteroatoms. The molecule has 39 heavy (non-hydrogen) atoms. The zero-order valence-electron chi connectivity index (χ0n) is 20.7.